The lowest BCUT2D eigenvalue weighted by Crippen LogP contribution is -2.34. The van der Waals surface area contributed by atoms with Crippen LogP contribution in [0.2, 0.25) is 0 Å². The predicted molar refractivity (Wildman–Crippen MR) is 92.9 cm³/mol. The number of hydrogen-bond donors (Lipinski definition) is 2. The molecule has 0 bridgehead atoms. The summed E-state index contributed by atoms with van der Waals surface area (Å²) in [4.78, 5) is 12.1. The van der Waals surface area contributed by atoms with Crippen LogP contribution in [0.15, 0.2) is 54.6 Å². The minimum atomic E-state index is -0.00802. The van der Waals surface area contributed by atoms with Gasteiger partial charge in [0, 0.05) is 17.3 Å². The van der Waals surface area contributed by atoms with Crippen LogP contribution in [-0.4, -0.2) is 18.5 Å². The number of carbonyl (C=O) groups is 1. The van der Waals surface area contributed by atoms with Crippen LogP contribution in [0.4, 0.5) is 5.69 Å². The van der Waals surface area contributed by atoms with Crippen LogP contribution in [0, 0.1) is 0 Å². The fraction of sp³-hybridized carbons (Fsp3) is 0.316. The summed E-state index contributed by atoms with van der Waals surface area (Å²) in [5.74, 6) is -0.00802. The van der Waals surface area contributed by atoms with Gasteiger partial charge in [-0.2, -0.15) is 0 Å². The zero-order chi connectivity index (χ0) is 15.8. The molecule has 0 saturated heterocycles. The van der Waals surface area contributed by atoms with Crippen LogP contribution >= 0.6 is 0 Å². The Bertz CT molecular complexity index is 595. The second-order valence-electron chi connectivity index (χ2n) is 5.53. The molecule has 22 heavy (non-hydrogen) atoms. The maximum atomic E-state index is 12.1. The Balaban J connectivity index is 2.03. The number of carbonyl (C=O) groups excluding carboxylic acids is 1. The molecule has 0 heterocycles. The molecule has 0 fully saturated rings. The molecular weight excluding hydrogens is 272 g/mol. The Hall–Kier alpha value is -2.13. The molecule has 0 radical (unpaired) electrons. The molecule has 0 spiro atoms. The highest BCUT2D eigenvalue weighted by atomic mass is 16.1. The summed E-state index contributed by atoms with van der Waals surface area (Å²) in [6, 6.07) is 18.3. The van der Waals surface area contributed by atoms with E-state index in [2.05, 4.69) is 24.5 Å². The molecule has 0 saturated carbocycles. The summed E-state index contributed by atoms with van der Waals surface area (Å²) in [5, 5.41) is 6.26. The van der Waals surface area contributed by atoms with Gasteiger partial charge < -0.3 is 10.6 Å². The molecule has 3 nitrogen and oxygen atoms in total. The van der Waals surface area contributed by atoms with Crippen LogP contribution < -0.4 is 10.6 Å². The molecule has 0 aliphatic carbocycles. The number of anilines is 1. The first-order valence-corrected chi connectivity index (χ1v) is 7.88. The van der Waals surface area contributed by atoms with Crippen LogP contribution in [-0.2, 0) is 4.79 Å². The smallest absolute Gasteiger partial charge is 0.238 e. The fourth-order valence-electron chi connectivity index (χ4n) is 2.46. The molecule has 2 aromatic rings. The van der Waals surface area contributed by atoms with Gasteiger partial charge in [0.25, 0.3) is 0 Å². The standard InChI is InChI=1S/C19H24N2O/c1-3-9-15(2)20-14-19(22)21-18-13-8-7-12-17(18)16-10-5-4-6-11-16/h4-8,10-13,15,20H,3,9,14H2,1-2H3,(H,21,22)/t15-/m1/s1. The number of nitrogens with one attached hydrogen (secondary N) is 2. The molecule has 0 aliphatic heterocycles. The second kappa shape index (κ2) is 8.35. The van der Waals surface area contributed by atoms with Crippen LogP contribution in [0.5, 0.6) is 0 Å². The van der Waals surface area contributed by atoms with Crippen molar-refractivity contribution in [2.45, 2.75) is 32.7 Å². The average molecular weight is 296 g/mol. The lowest BCUT2D eigenvalue weighted by Gasteiger charge is -2.14. The third-order valence-electron chi connectivity index (χ3n) is 3.62. The highest BCUT2D eigenvalue weighted by Crippen LogP contribution is 2.27. The van der Waals surface area contributed by atoms with Crippen LogP contribution in [0.3, 0.4) is 0 Å². The fourth-order valence-corrected chi connectivity index (χ4v) is 2.46. The van der Waals surface area contributed by atoms with Crippen molar-refractivity contribution in [1.82, 2.24) is 5.32 Å². The van der Waals surface area contributed by atoms with Gasteiger partial charge in [-0.3, -0.25) is 4.79 Å². The zero-order valence-corrected chi connectivity index (χ0v) is 13.3. The minimum absolute atomic E-state index is 0.00802. The average Bonchev–Trinajstić information content (AvgIpc) is 2.55. The topological polar surface area (TPSA) is 41.1 Å². The third-order valence-corrected chi connectivity index (χ3v) is 3.62. The van der Waals surface area contributed by atoms with E-state index in [1.165, 1.54) is 0 Å². The normalized spacial score (nSPS) is 11.9. The lowest BCUT2D eigenvalue weighted by molar-refractivity contribution is -0.115. The highest BCUT2D eigenvalue weighted by molar-refractivity contribution is 5.96. The molecule has 1 atom stereocenters. The van der Waals surface area contributed by atoms with Gasteiger partial charge in [0.05, 0.1) is 6.54 Å². The summed E-state index contributed by atoms with van der Waals surface area (Å²) in [5.41, 5.74) is 2.99. The molecule has 3 heteroatoms. The molecule has 0 aromatic heterocycles. The minimum Gasteiger partial charge on any atom is -0.324 e. The van der Waals surface area contributed by atoms with Gasteiger partial charge in [-0.05, 0) is 25.0 Å². The van der Waals surface area contributed by atoms with Crippen molar-refractivity contribution < 1.29 is 4.79 Å². The Morgan fingerprint density at radius 1 is 1.05 bits per heavy atom. The summed E-state index contributed by atoms with van der Waals surface area (Å²) in [6.07, 6.45) is 2.19. The molecule has 0 aliphatic rings. The van der Waals surface area contributed by atoms with E-state index in [0.717, 1.165) is 29.7 Å². The first-order valence-electron chi connectivity index (χ1n) is 7.88. The molecule has 2 rings (SSSR count). The number of rotatable bonds is 7. The largest absolute Gasteiger partial charge is 0.324 e. The van der Waals surface area contributed by atoms with Crippen molar-refractivity contribution in [1.29, 1.82) is 0 Å². The van der Waals surface area contributed by atoms with Gasteiger partial charge >= 0.3 is 0 Å². The van der Waals surface area contributed by atoms with Gasteiger partial charge in [0.2, 0.25) is 5.91 Å². The molecular formula is C19H24N2O. The zero-order valence-electron chi connectivity index (χ0n) is 13.3. The van der Waals surface area contributed by atoms with Crippen LogP contribution in [0.25, 0.3) is 11.1 Å². The summed E-state index contributed by atoms with van der Waals surface area (Å²) >= 11 is 0. The van der Waals surface area contributed by atoms with Crippen molar-refractivity contribution in [3.63, 3.8) is 0 Å². The molecule has 2 aromatic carbocycles. The molecule has 116 valence electrons. The van der Waals surface area contributed by atoms with E-state index in [0.29, 0.717) is 12.6 Å². The van der Waals surface area contributed by atoms with E-state index in [-0.39, 0.29) is 5.91 Å². The van der Waals surface area contributed by atoms with E-state index in [9.17, 15) is 4.79 Å². The molecule has 1 amide bonds. The van der Waals surface area contributed by atoms with Crippen molar-refractivity contribution in [3.8, 4) is 11.1 Å². The molecule has 0 unspecified atom stereocenters. The van der Waals surface area contributed by atoms with Crippen molar-refractivity contribution >= 4 is 11.6 Å². The molecule has 2 N–H and O–H groups in total. The number of benzene rings is 2. The first-order chi connectivity index (χ1) is 10.7. The Labute approximate surface area is 132 Å². The van der Waals surface area contributed by atoms with Crippen molar-refractivity contribution in [3.05, 3.63) is 54.6 Å². The van der Waals surface area contributed by atoms with Crippen molar-refractivity contribution in [2.75, 3.05) is 11.9 Å². The Morgan fingerprint density at radius 3 is 2.45 bits per heavy atom. The Morgan fingerprint density at radius 2 is 1.73 bits per heavy atom. The van der Waals surface area contributed by atoms with Gasteiger partial charge in [-0.15, -0.1) is 0 Å². The SMILES string of the molecule is CCC[C@@H](C)NCC(=O)Nc1ccccc1-c1ccccc1. The number of amides is 1. The van der Waals surface area contributed by atoms with E-state index < -0.39 is 0 Å². The van der Waals surface area contributed by atoms with E-state index in [1.54, 1.807) is 0 Å². The Kier molecular flexibility index (Phi) is 6.16. The van der Waals surface area contributed by atoms with Gasteiger partial charge in [0.1, 0.15) is 0 Å². The van der Waals surface area contributed by atoms with Gasteiger partial charge in [-0.1, -0.05) is 61.9 Å². The summed E-state index contributed by atoms with van der Waals surface area (Å²) in [7, 11) is 0. The van der Waals surface area contributed by atoms with E-state index in [1.807, 2.05) is 54.6 Å². The first kappa shape index (κ1) is 16.2. The second-order valence-corrected chi connectivity index (χ2v) is 5.53. The van der Waals surface area contributed by atoms with Crippen LogP contribution in [0.1, 0.15) is 26.7 Å². The highest BCUT2D eigenvalue weighted by Gasteiger charge is 2.09. The maximum absolute atomic E-state index is 12.1. The third kappa shape index (κ3) is 4.71. The summed E-state index contributed by atoms with van der Waals surface area (Å²) < 4.78 is 0. The number of hydrogen-bond acceptors (Lipinski definition) is 2. The summed E-state index contributed by atoms with van der Waals surface area (Å²) in [6.45, 7) is 4.59. The number of para-hydroxylation sites is 1. The van der Waals surface area contributed by atoms with E-state index in [4.69, 9.17) is 0 Å². The monoisotopic (exact) mass is 296 g/mol. The van der Waals surface area contributed by atoms with Crippen molar-refractivity contribution in [2.24, 2.45) is 0 Å². The van der Waals surface area contributed by atoms with E-state index >= 15 is 0 Å². The lowest BCUT2D eigenvalue weighted by atomic mass is 10.0. The predicted octanol–water partition coefficient (Wildman–Crippen LogP) is 4.07. The quantitative estimate of drug-likeness (QED) is 0.808. The maximum Gasteiger partial charge on any atom is 0.238 e. The van der Waals surface area contributed by atoms with Gasteiger partial charge in [0.15, 0.2) is 0 Å². The van der Waals surface area contributed by atoms with Gasteiger partial charge in [-0.25, -0.2) is 0 Å².